The number of rotatable bonds is 2. The van der Waals surface area contributed by atoms with Gasteiger partial charge in [-0.1, -0.05) is 0 Å². The van der Waals surface area contributed by atoms with Gasteiger partial charge in [0.05, 0.1) is 11.6 Å². The maximum atomic E-state index is 11.3. The van der Waals surface area contributed by atoms with Crippen LogP contribution in [0, 0.1) is 11.3 Å². The minimum Gasteiger partial charge on any atom is -0.289 e. The predicted octanol–water partition coefficient (Wildman–Crippen LogP) is 2.71. The fourth-order valence-electron chi connectivity index (χ4n) is 1.68. The second-order valence-electron chi connectivity index (χ2n) is 3.58. The topological polar surface area (TPSA) is 78.9 Å². The summed E-state index contributed by atoms with van der Waals surface area (Å²) in [5.74, 6) is 0. The predicted molar refractivity (Wildman–Crippen MR) is 72.9 cm³/mol. The molecular weight excluding hydrogens is 318 g/mol. The van der Waals surface area contributed by atoms with Crippen LogP contribution in [0.4, 0.5) is 0 Å². The summed E-state index contributed by atoms with van der Waals surface area (Å²) in [5, 5.41) is 9.39. The summed E-state index contributed by atoms with van der Waals surface area (Å²) < 4.78 is 22.3. The Hall–Kier alpha value is -1.49. The number of nitriles is 1. The number of nitrogens with zero attached hydrogens (tertiary/aromatic N) is 3. The van der Waals surface area contributed by atoms with Crippen LogP contribution in [0.3, 0.4) is 0 Å². The first-order chi connectivity index (χ1) is 8.54. The molecule has 1 atom stereocenters. The van der Waals surface area contributed by atoms with Gasteiger partial charge in [-0.3, -0.25) is 4.55 Å². The third kappa shape index (κ3) is 2.22. The maximum Gasteiger partial charge on any atom is 0.266 e. The summed E-state index contributed by atoms with van der Waals surface area (Å²) in [5.41, 5.74) is 2.02. The van der Waals surface area contributed by atoms with Crippen LogP contribution >= 0.6 is 15.9 Å². The molecule has 0 aliphatic rings. The van der Waals surface area contributed by atoms with Gasteiger partial charge in [-0.2, -0.15) is 5.26 Å². The number of halogens is 1. The van der Waals surface area contributed by atoms with E-state index in [4.69, 9.17) is 5.26 Å². The van der Waals surface area contributed by atoms with E-state index in [1.165, 1.54) is 16.2 Å². The number of aromatic nitrogens is 2. The molecule has 2 heterocycles. The molecule has 5 nitrogen and oxygen atoms in total. The van der Waals surface area contributed by atoms with Crippen molar-refractivity contribution >= 4 is 43.7 Å². The zero-order chi connectivity index (χ0) is 13.3. The molecular formula is C11H8BrN3O2S. The molecule has 0 spiro atoms. The Labute approximate surface area is 114 Å². The number of hydrogen-bond acceptors (Lipinski definition) is 3. The Bertz CT molecular complexity index is 715. The van der Waals surface area contributed by atoms with Gasteiger partial charge in [-0.15, -0.1) is 0 Å². The Morgan fingerprint density at radius 2 is 2.44 bits per heavy atom. The molecule has 0 aliphatic carbocycles. The van der Waals surface area contributed by atoms with Crippen LogP contribution in [0.2, 0.25) is 0 Å². The molecule has 1 unspecified atom stereocenters. The Morgan fingerprint density at radius 1 is 1.72 bits per heavy atom. The molecule has 18 heavy (non-hydrogen) atoms. The summed E-state index contributed by atoms with van der Waals surface area (Å²) in [4.78, 5) is 4.10. The minimum atomic E-state index is -2.15. The lowest BCUT2D eigenvalue weighted by atomic mass is 10.1. The molecule has 0 saturated heterocycles. The maximum absolute atomic E-state index is 11.3. The summed E-state index contributed by atoms with van der Waals surface area (Å²) in [6.07, 6.45) is 4.53. The van der Waals surface area contributed by atoms with Crippen molar-refractivity contribution in [2.24, 2.45) is 0 Å². The normalized spacial score (nSPS) is 13.6. The molecule has 7 heteroatoms. The third-order valence-electron chi connectivity index (χ3n) is 2.50. The molecule has 0 amide bonds. The van der Waals surface area contributed by atoms with Gasteiger partial charge in [0.1, 0.15) is 4.60 Å². The molecule has 1 N–H and O–H groups in total. The smallest absolute Gasteiger partial charge is 0.266 e. The molecule has 0 aromatic carbocycles. The van der Waals surface area contributed by atoms with Crippen molar-refractivity contribution in [2.75, 3.05) is 0 Å². The quantitative estimate of drug-likeness (QED) is 0.523. The van der Waals surface area contributed by atoms with Crippen molar-refractivity contribution in [2.45, 2.75) is 6.92 Å². The highest BCUT2D eigenvalue weighted by Gasteiger charge is 2.13. The van der Waals surface area contributed by atoms with Crippen LogP contribution in [-0.2, 0) is 11.3 Å². The highest BCUT2D eigenvalue weighted by Crippen LogP contribution is 2.28. The zero-order valence-corrected chi connectivity index (χ0v) is 11.7. The van der Waals surface area contributed by atoms with Gasteiger partial charge in [-0.05, 0) is 34.5 Å². The standard InChI is InChI=1S/C11H8BrN3O2S/c1-7(2-3-13)9-6-15(18(16)17)10-4-11(12)14-5-8(9)10/h2,4-6H,1H3,(H,16,17)/b7-2+. The molecule has 0 aliphatic heterocycles. The third-order valence-corrected chi connectivity index (χ3v) is 3.57. The highest BCUT2D eigenvalue weighted by atomic mass is 79.9. The molecule has 0 radical (unpaired) electrons. The number of hydrogen-bond donors (Lipinski definition) is 1. The molecule has 92 valence electrons. The van der Waals surface area contributed by atoms with Gasteiger partial charge in [0, 0.05) is 29.4 Å². The molecule has 0 bridgehead atoms. The SMILES string of the molecule is C/C(=C\C#N)c1cn(S(=O)O)c2cc(Br)ncc12. The van der Waals surface area contributed by atoms with Gasteiger partial charge in [0.2, 0.25) is 0 Å². The van der Waals surface area contributed by atoms with Gasteiger partial charge < -0.3 is 0 Å². The first kappa shape index (κ1) is 13.0. The molecule has 0 saturated carbocycles. The van der Waals surface area contributed by atoms with Crippen LogP contribution < -0.4 is 0 Å². The minimum absolute atomic E-state index is 0.577. The van der Waals surface area contributed by atoms with E-state index >= 15 is 0 Å². The van der Waals surface area contributed by atoms with E-state index in [2.05, 4.69) is 20.9 Å². The second-order valence-corrected chi connectivity index (χ2v) is 5.25. The average molecular weight is 326 g/mol. The van der Waals surface area contributed by atoms with E-state index in [1.807, 2.05) is 6.07 Å². The van der Waals surface area contributed by atoms with Crippen LogP contribution in [0.25, 0.3) is 16.5 Å². The van der Waals surface area contributed by atoms with Crippen LogP contribution in [0.15, 0.2) is 29.1 Å². The second kappa shape index (κ2) is 5.02. The molecule has 2 aromatic heterocycles. The van der Waals surface area contributed by atoms with Crippen LogP contribution in [0.5, 0.6) is 0 Å². The van der Waals surface area contributed by atoms with Crippen LogP contribution in [0.1, 0.15) is 12.5 Å². The van der Waals surface area contributed by atoms with Crippen molar-refractivity contribution < 1.29 is 8.76 Å². The zero-order valence-electron chi connectivity index (χ0n) is 9.29. The fraction of sp³-hybridized carbons (Fsp3) is 0.0909. The van der Waals surface area contributed by atoms with Gasteiger partial charge >= 0.3 is 0 Å². The van der Waals surface area contributed by atoms with E-state index in [1.54, 1.807) is 19.2 Å². The Morgan fingerprint density at radius 3 is 3.06 bits per heavy atom. The van der Waals surface area contributed by atoms with E-state index in [0.717, 1.165) is 11.0 Å². The van der Waals surface area contributed by atoms with Crippen molar-refractivity contribution in [1.82, 2.24) is 8.96 Å². The summed E-state index contributed by atoms with van der Waals surface area (Å²) in [6, 6.07) is 3.60. The van der Waals surface area contributed by atoms with Gasteiger partial charge in [0.15, 0.2) is 0 Å². The monoisotopic (exact) mass is 325 g/mol. The average Bonchev–Trinajstić information content (AvgIpc) is 2.68. The lowest BCUT2D eigenvalue weighted by Gasteiger charge is -1.98. The highest BCUT2D eigenvalue weighted by molar-refractivity contribution is 9.10. The molecule has 2 rings (SSSR count). The molecule has 2 aromatic rings. The summed E-state index contributed by atoms with van der Waals surface area (Å²) in [6.45, 7) is 1.77. The van der Waals surface area contributed by atoms with Crippen LogP contribution in [-0.4, -0.2) is 17.7 Å². The lowest BCUT2D eigenvalue weighted by molar-refractivity contribution is 0.556. The van der Waals surface area contributed by atoms with Crippen molar-refractivity contribution in [3.8, 4) is 6.07 Å². The largest absolute Gasteiger partial charge is 0.289 e. The first-order valence-electron chi connectivity index (χ1n) is 4.89. The number of fused-ring (bicyclic) bond motifs is 1. The lowest BCUT2D eigenvalue weighted by Crippen LogP contribution is -2.00. The van der Waals surface area contributed by atoms with Crippen molar-refractivity contribution in [3.05, 3.63) is 34.7 Å². The van der Waals surface area contributed by atoms with E-state index in [0.29, 0.717) is 15.7 Å². The van der Waals surface area contributed by atoms with E-state index in [-0.39, 0.29) is 0 Å². The summed E-state index contributed by atoms with van der Waals surface area (Å²) >= 11 is 1.07. The van der Waals surface area contributed by atoms with Crippen molar-refractivity contribution in [3.63, 3.8) is 0 Å². The fourth-order valence-corrected chi connectivity index (χ4v) is 2.52. The number of pyridine rings is 1. The van der Waals surface area contributed by atoms with Crippen molar-refractivity contribution in [1.29, 1.82) is 5.26 Å². The van der Waals surface area contributed by atoms with Gasteiger partial charge in [-0.25, -0.2) is 13.2 Å². The Kier molecular flexibility index (Phi) is 3.61. The van der Waals surface area contributed by atoms with E-state index < -0.39 is 11.3 Å². The summed E-state index contributed by atoms with van der Waals surface area (Å²) in [7, 11) is 0. The molecule has 0 fully saturated rings. The van der Waals surface area contributed by atoms with Gasteiger partial charge in [0.25, 0.3) is 11.3 Å². The Balaban J connectivity index is 2.81. The first-order valence-corrected chi connectivity index (χ1v) is 6.75. The van der Waals surface area contributed by atoms with E-state index in [9.17, 15) is 8.76 Å². The number of allylic oxidation sites excluding steroid dienone is 2.